The molecule has 0 spiro atoms. The number of pyridine rings is 2. The Kier molecular flexibility index (Phi) is 5.69. The summed E-state index contributed by atoms with van der Waals surface area (Å²) in [5.74, 6) is 0. The molecule has 3 nitrogen and oxygen atoms in total. The van der Waals surface area contributed by atoms with Crippen LogP contribution in [0.2, 0.25) is 0 Å². The first-order valence-electron chi connectivity index (χ1n) is 12.8. The average molecular weight is 460 g/mol. The van der Waals surface area contributed by atoms with Gasteiger partial charge in [0.1, 0.15) is 13.1 Å². The van der Waals surface area contributed by atoms with Crippen LogP contribution in [0, 0.1) is 0 Å². The first-order valence-corrected chi connectivity index (χ1v) is 12.8. The molecule has 0 radical (unpaired) electrons. The van der Waals surface area contributed by atoms with Crippen LogP contribution in [0.1, 0.15) is 35.1 Å². The van der Waals surface area contributed by atoms with Crippen LogP contribution in [0.15, 0.2) is 79.1 Å². The van der Waals surface area contributed by atoms with Crippen molar-refractivity contribution in [1.29, 1.82) is 0 Å². The molecule has 174 valence electrons. The van der Waals surface area contributed by atoms with E-state index in [1.165, 1.54) is 63.3 Å². The molecule has 4 aromatic rings. The fourth-order valence-electron chi connectivity index (χ4n) is 5.60. The molecule has 0 saturated heterocycles. The standard InChI is InChI=1S/C32H33N3/c1-33(2)28-16-12-24(13-17-28)10-11-25-18-22-35-21-6-8-27-15-14-26-7-5-20-34-19-4-3-9-29(34)31(26)32(27)30(35)23-25/h3-4,9-19,22-23H,5-8,20-21H2,1-2H3/q+2. The monoisotopic (exact) mass is 459 g/mol. The molecule has 2 aromatic carbocycles. The number of aryl methyl sites for hydroxylation is 4. The summed E-state index contributed by atoms with van der Waals surface area (Å²) in [4.78, 5) is 2.13. The molecule has 35 heavy (non-hydrogen) atoms. The molecule has 0 bridgehead atoms. The number of aromatic nitrogens is 2. The Morgan fingerprint density at radius 1 is 0.657 bits per heavy atom. The molecule has 0 fully saturated rings. The zero-order chi connectivity index (χ0) is 23.8. The number of anilines is 1. The molecule has 0 atom stereocenters. The topological polar surface area (TPSA) is 11.0 Å². The van der Waals surface area contributed by atoms with Gasteiger partial charge >= 0.3 is 0 Å². The van der Waals surface area contributed by atoms with E-state index in [0.717, 1.165) is 25.9 Å². The molecule has 0 unspecified atom stereocenters. The van der Waals surface area contributed by atoms with Gasteiger partial charge in [-0.05, 0) is 53.3 Å². The SMILES string of the molecule is CN(C)c1ccc(/C=C/c2cc[n+]3c(c2)-c2c(ccc4c2-c2cccc[n+]2CCC4)CCC3)cc1. The van der Waals surface area contributed by atoms with E-state index in [0.29, 0.717) is 0 Å². The first kappa shape index (κ1) is 21.8. The second kappa shape index (κ2) is 9.14. The molecule has 0 amide bonds. The van der Waals surface area contributed by atoms with Gasteiger partial charge in [0.25, 0.3) is 0 Å². The van der Waals surface area contributed by atoms with E-state index in [1.54, 1.807) is 0 Å². The van der Waals surface area contributed by atoms with Crippen LogP contribution in [-0.2, 0) is 25.9 Å². The van der Waals surface area contributed by atoms with Gasteiger partial charge in [-0.15, -0.1) is 0 Å². The minimum absolute atomic E-state index is 1.06. The number of fused-ring (bicyclic) bond motifs is 7. The fraction of sp³-hybridized carbons (Fsp3) is 0.250. The van der Waals surface area contributed by atoms with E-state index in [4.69, 9.17) is 0 Å². The minimum atomic E-state index is 1.06. The summed E-state index contributed by atoms with van der Waals surface area (Å²) >= 11 is 0. The van der Waals surface area contributed by atoms with Crippen molar-refractivity contribution in [3.05, 3.63) is 101 Å². The summed E-state index contributed by atoms with van der Waals surface area (Å²) in [6.07, 6.45) is 13.6. The summed E-state index contributed by atoms with van der Waals surface area (Å²) in [7, 11) is 4.15. The predicted octanol–water partition coefficient (Wildman–Crippen LogP) is 5.72. The number of benzene rings is 2. The number of rotatable bonds is 3. The maximum Gasteiger partial charge on any atom is 0.214 e. The molecular weight excluding hydrogens is 426 g/mol. The van der Waals surface area contributed by atoms with Gasteiger partial charge in [-0.25, -0.2) is 0 Å². The van der Waals surface area contributed by atoms with E-state index < -0.39 is 0 Å². The van der Waals surface area contributed by atoms with Crippen molar-refractivity contribution in [1.82, 2.24) is 0 Å². The van der Waals surface area contributed by atoms with Crippen LogP contribution in [0.3, 0.4) is 0 Å². The third-order valence-corrected chi connectivity index (χ3v) is 7.46. The highest BCUT2D eigenvalue weighted by atomic mass is 15.1. The van der Waals surface area contributed by atoms with Crippen molar-refractivity contribution in [2.75, 3.05) is 19.0 Å². The van der Waals surface area contributed by atoms with Gasteiger partial charge in [0.15, 0.2) is 12.4 Å². The van der Waals surface area contributed by atoms with Gasteiger partial charge in [-0.1, -0.05) is 36.4 Å². The molecule has 3 heteroatoms. The van der Waals surface area contributed by atoms with Gasteiger partial charge in [0.2, 0.25) is 11.4 Å². The Morgan fingerprint density at radius 3 is 2.03 bits per heavy atom. The van der Waals surface area contributed by atoms with Crippen molar-refractivity contribution >= 4 is 17.8 Å². The number of hydrogen-bond donors (Lipinski definition) is 0. The van der Waals surface area contributed by atoms with Crippen molar-refractivity contribution in [3.63, 3.8) is 0 Å². The lowest BCUT2D eigenvalue weighted by molar-refractivity contribution is -0.687. The summed E-state index contributed by atoms with van der Waals surface area (Å²) in [6.45, 7) is 2.14. The highest BCUT2D eigenvalue weighted by Crippen LogP contribution is 2.38. The highest BCUT2D eigenvalue weighted by Gasteiger charge is 2.31. The van der Waals surface area contributed by atoms with Crippen molar-refractivity contribution in [3.8, 4) is 22.5 Å². The van der Waals surface area contributed by atoms with Gasteiger partial charge in [0, 0.05) is 56.9 Å². The van der Waals surface area contributed by atoms with Gasteiger partial charge in [0.05, 0.1) is 11.1 Å². The smallest absolute Gasteiger partial charge is 0.214 e. The lowest BCUT2D eigenvalue weighted by Gasteiger charge is -2.13. The predicted molar refractivity (Wildman–Crippen MR) is 144 cm³/mol. The molecule has 0 N–H and O–H groups in total. The first-order chi connectivity index (χ1) is 17.2. The molecule has 4 heterocycles. The third-order valence-electron chi connectivity index (χ3n) is 7.46. The summed E-state index contributed by atoms with van der Waals surface area (Å²) in [5.41, 5.74) is 12.2. The average Bonchev–Trinajstić information content (AvgIpc) is 3.19. The third kappa shape index (κ3) is 4.16. The molecule has 2 aliphatic rings. The van der Waals surface area contributed by atoms with Gasteiger partial charge in [-0.2, -0.15) is 9.13 Å². The maximum absolute atomic E-state index is 2.47. The summed E-state index contributed by atoms with van der Waals surface area (Å²) < 4.78 is 4.91. The molecule has 0 saturated carbocycles. The highest BCUT2D eigenvalue weighted by molar-refractivity contribution is 5.84. The zero-order valence-electron chi connectivity index (χ0n) is 20.7. The lowest BCUT2D eigenvalue weighted by Crippen LogP contribution is -2.36. The normalized spacial score (nSPS) is 14.3. The van der Waals surface area contributed by atoms with Crippen LogP contribution in [0.5, 0.6) is 0 Å². The number of hydrogen-bond acceptors (Lipinski definition) is 1. The summed E-state index contributed by atoms with van der Waals surface area (Å²) in [6, 6.07) is 24.8. The molecule has 6 rings (SSSR count). The van der Waals surface area contributed by atoms with E-state index in [-0.39, 0.29) is 0 Å². The Bertz CT molecular complexity index is 1410. The molecule has 2 aromatic heterocycles. The second-order valence-electron chi connectivity index (χ2n) is 9.98. The Morgan fingerprint density at radius 2 is 1.31 bits per heavy atom. The maximum atomic E-state index is 2.47. The molecular formula is C32H33N3+2. The minimum Gasteiger partial charge on any atom is -0.378 e. The quantitative estimate of drug-likeness (QED) is 0.356. The van der Waals surface area contributed by atoms with Crippen LogP contribution in [0.25, 0.3) is 34.7 Å². The Hall–Kier alpha value is -3.72. The molecule has 0 aliphatic carbocycles. The summed E-state index contributed by atoms with van der Waals surface area (Å²) in [5, 5.41) is 0. The van der Waals surface area contributed by atoms with Crippen molar-refractivity contribution in [2.45, 2.75) is 38.8 Å². The van der Waals surface area contributed by atoms with Crippen LogP contribution < -0.4 is 14.0 Å². The zero-order valence-corrected chi connectivity index (χ0v) is 20.7. The van der Waals surface area contributed by atoms with Gasteiger partial charge < -0.3 is 4.90 Å². The van der Waals surface area contributed by atoms with Crippen molar-refractivity contribution < 1.29 is 9.13 Å². The van der Waals surface area contributed by atoms with Gasteiger partial charge in [-0.3, -0.25) is 0 Å². The van der Waals surface area contributed by atoms with E-state index in [2.05, 4.69) is 119 Å². The second-order valence-corrected chi connectivity index (χ2v) is 9.98. The fourth-order valence-corrected chi connectivity index (χ4v) is 5.60. The van der Waals surface area contributed by atoms with Crippen LogP contribution >= 0.6 is 0 Å². The van der Waals surface area contributed by atoms with Crippen LogP contribution in [0.4, 0.5) is 5.69 Å². The van der Waals surface area contributed by atoms with E-state index in [1.807, 2.05) is 0 Å². The Labute approximate surface area is 208 Å². The Balaban J connectivity index is 1.47. The van der Waals surface area contributed by atoms with E-state index in [9.17, 15) is 0 Å². The lowest BCUT2D eigenvalue weighted by atomic mass is 9.88. The number of nitrogens with zero attached hydrogens (tertiary/aromatic N) is 3. The van der Waals surface area contributed by atoms with E-state index >= 15 is 0 Å². The molecule has 2 aliphatic heterocycles. The van der Waals surface area contributed by atoms with Crippen molar-refractivity contribution in [2.24, 2.45) is 0 Å². The largest absolute Gasteiger partial charge is 0.378 e. The van der Waals surface area contributed by atoms with Crippen LogP contribution in [-0.4, -0.2) is 14.1 Å².